The first-order chi connectivity index (χ1) is 8.29. The van der Waals surface area contributed by atoms with Gasteiger partial charge >= 0.3 is 0 Å². The second kappa shape index (κ2) is 6.18. The smallest absolute Gasteiger partial charge is 0.191 e. The third kappa shape index (κ3) is 3.55. The average molecular weight is 243 g/mol. The molecular weight excluding hydrogens is 222 g/mol. The van der Waals surface area contributed by atoms with E-state index in [2.05, 4.69) is 4.99 Å². The number of aliphatic hydroxyl groups excluding tert-OH is 1. The van der Waals surface area contributed by atoms with Crippen LogP contribution in [0.15, 0.2) is 4.99 Å². The fraction of sp³-hybridized carbons (Fsp3) is 0.909. The van der Waals surface area contributed by atoms with E-state index < -0.39 is 0 Å². The Kier molecular flexibility index (Phi) is 4.58. The zero-order valence-electron chi connectivity index (χ0n) is 10.0. The van der Waals surface area contributed by atoms with E-state index in [0.29, 0.717) is 25.7 Å². The van der Waals surface area contributed by atoms with Crippen LogP contribution in [0.5, 0.6) is 0 Å². The first kappa shape index (κ1) is 12.6. The van der Waals surface area contributed by atoms with Crippen molar-refractivity contribution in [2.75, 3.05) is 39.5 Å². The Morgan fingerprint density at radius 3 is 2.65 bits per heavy atom. The van der Waals surface area contributed by atoms with Gasteiger partial charge in [0.2, 0.25) is 0 Å². The summed E-state index contributed by atoms with van der Waals surface area (Å²) in [5.74, 6) is 0.573. The SMILES string of the molecule is NC(=NC[C@H]1CC[C@@H](CO)O1)N1CCOCC1. The lowest BCUT2D eigenvalue weighted by molar-refractivity contribution is 0.0158. The number of hydrogen-bond donors (Lipinski definition) is 2. The molecule has 0 saturated carbocycles. The third-order valence-corrected chi connectivity index (χ3v) is 3.19. The zero-order chi connectivity index (χ0) is 12.1. The van der Waals surface area contributed by atoms with Crippen molar-refractivity contribution in [1.29, 1.82) is 0 Å². The number of nitrogens with two attached hydrogens (primary N) is 1. The molecule has 2 rings (SSSR count). The lowest BCUT2D eigenvalue weighted by Gasteiger charge is -2.27. The van der Waals surface area contributed by atoms with E-state index in [1.54, 1.807) is 0 Å². The van der Waals surface area contributed by atoms with Gasteiger partial charge in [-0.3, -0.25) is 4.99 Å². The van der Waals surface area contributed by atoms with Crippen LogP contribution in [-0.2, 0) is 9.47 Å². The average Bonchev–Trinajstić information content (AvgIpc) is 2.85. The number of morpholine rings is 1. The van der Waals surface area contributed by atoms with Gasteiger partial charge in [-0.15, -0.1) is 0 Å². The van der Waals surface area contributed by atoms with Crippen LogP contribution in [0.25, 0.3) is 0 Å². The Hall–Kier alpha value is -0.850. The fourth-order valence-electron chi connectivity index (χ4n) is 2.14. The normalized spacial score (nSPS) is 30.9. The van der Waals surface area contributed by atoms with Crippen molar-refractivity contribution in [2.24, 2.45) is 10.7 Å². The molecule has 2 aliphatic rings. The van der Waals surface area contributed by atoms with Crippen molar-refractivity contribution in [2.45, 2.75) is 25.0 Å². The van der Waals surface area contributed by atoms with Crippen LogP contribution in [0.2, 0.25) is 0 Å². The van der Waals surface area contributed by atoms with E-state index in [4.69, 9.17) is 20.3 Å². The quantitative estimate of drug-likeness (QED) is 0.500. The Bertz CT molecular complexity index is 267. The largest absolute Gasteiger partial charge is 0.394 e. The van der Waals surface area contributed by atoms with Gasteiger partial charge in [0, 0.05) is 13.1 Å². The molecule has 0 aromatic heterocycles. The number of ether oxygens (including phenoxy) is 2. The molecule has 0 aromatic rings. The Morgan fingerprint density at radius 2 is 2.00 bits per heavy atom. The van der Waals surface area contributed by atoms with E-state index in [-0.39, 0.29) is 18.8 Å². The number of hydrogen-bond acceptors (Lipinski definition) is 4. The lowest BCUT2D eigenvalue weighted by Crippen LogP contribution is -2.45. The Balaban J connectivity index is 1.75. The van der Waals surface area contributed by atoms with Gasteiger partial charge in [0.05, 0.1) is 38.6 Å². The molecule has 6 heteroatoms. The maximum absolute atomic E-state index is 8.96. The molecular formula is C11H21N3O3. The molecule has 98 valence electrons. The molecule has 0 unspecified atom stereocenters. The molecule has 0 aliphatic carbocycles. The number of aliphatic hydroxyl groups is 1. The number of nitrogens with zero attached hydrogens (tertiary/aromatic N) is 2. The standard InChI is InChI=1S/C11H21N3O3/c12-11(14-3-5-16-6-4-14)13-7-9-1-2-10(8-15)17-9/h9-10,15H,1-8H2,(H2,12,13)/t9-,10+/m1/s1. The molecule has 0 amide bonds. The van der Waals surface area contributed by atoms with Crippen LogP contribution < -0.4 is 5.73 Å². The highest BCUT2D eigenvalue weighted by molar-refractivity contribution is 5.78. The molecule has 17 heavy (non-hydrogen) atoms. The van der Waals surface area contributed by atoms with Crippen LogP contribution in [0.3, 0.4) is 0 Å². The van der Waals surface area contributed by atoms with Gasteiger partial charge in [0.1, 0.15) is 0 Å². The van der Waals surface area contributed by atoms with Gasteiger partial charge in [-0.2, -0.15) is 0 Å². The van der Waals surface area contributed by atoms with Crippen LogP contribution in [0.1, 0.15) is 12.8 Å². The van der Waals surface area contributed by atoms with Crippen molar-refractivity contribution < 1.29 is 14.6 Å². The Labute approximate surface area is 101 Å². The summed E-state index contributed by atoms with van der Waals surface area (Å²) in [6, 6.07) is 0. The minimum atomic E-state index is -0.0141. The summed E-state index contributed by atoms with van der Waals surface area (Å²) in [6.07, 6.45) is 1.95. The van der Waals surface area contributed by atoms with Crippen LogP contribution in [0, 0.1) is 0 Å². The highest BCUT2D eigenvalue weighted by Gasteiger charge is 2.24. The molecule has 2 fully saturated rings. The second-order valence-corrected chi connectivity index (χ2v) is 4.44. The third-order valence-electron chi connectivity index (χ3n) is 3.19. The first-order valence-electron chi connectivity index (χ1n) is 6.18. The maximum atomic E-state index is 8.96. The van der Waals surface area contributed by atoms with Crippen LogP contribution in [-0.4, -0.2) is 67.6 Å². The van der Waals surface area contributed by atoms with Gasteiger partial charge in [0.15, 0.2) is 5.96 Å². The molecule has 0 spiro atoms. The highest BCUT2D eigenvalue weighted by atomic mass is 16.5. The molecule has 0 aromatic carbocycles. The summed E-state index contributed by atoms with van der Waals surface area (Å²) in [7, 11) is 0. The highest BCUT2D eigenvalue weighted by Crippen LogP contribution is 2.19. The zero-order valence-corrected chi connectivity index (χ0v) is 10.0. The van der Waals surface area contributed by atoms with Crippen molar-refractivity contribution in [1.82, 2.24) is 4.90 Å². The molecule has 2 atom stereocenters. The van der Waals surface area contributed by atoms with Gasteiger partial charge in [-0.05, 0) is 12.8 Å². The predicted octanol–water partition coefficient (Wildman–Crippen LogP) is -0.827. The molecule has 2 aliphatic heterocycles. The molecule has 6 nitrogen and oxygen atoms in total. The first-order valence-corrected chi connectivity index (χ1v) is 6.18. The van der Waals surface area contributed by atoms with E-state index in [9.17, 15) is 0 Å². The van der Waals surface area contributed by atoms with Gasteiger partial charge < -0.3 is 25.2 Å². The van der Waals surface area contributed by atoms with E-state index in [1.165, 1.54) is 0 Å². The molecule has 0 radical (unpaired) electrons. The summed E-state index contributed by atoms with van der Waals surface area (Å²) in [4.78, 5) is 6.39. The minimum absolute atomic E-state index is 0.0141. The van der Waals surface area contributed by atoms with Gasteiger partial charge in [0.25, 0.3) is 0 Å². The van der Waals surface area contributed by atoms with Crippen molar-refractivity contribution in [3.05, 3.63) is 0 Å². The monoisotopic (exact) mass is 243 g/mol. The summed E-state index contributed by atoms with van der Waals surface area (Å²) < 4.78 is 10.8. The van der Waals surface area contributed by atoms with Crippen molar-refractivity contribution >= 4 is 5.96 Å². The molecule has 3 N–H and O–H groups in total. The summed E-state index contributed by atoms with van der Waals surface area (Å²) in [5.41, 5.74) is 5.91. The molecule has 0 bridgehead atoms. The van der Waals surface area contributed by atoms with Crippen molar-refractivity contribution in [3.8, 4) is 0 Å². The lowest BCUT2D eigenvalue weighted by atomic mass is 10.2. The molecule has 2 saturated heterocycles. The second-order valence-electron chi connectivity index (χ2n) is 4.44. The molecule has 2 heterocycles. The van der Waals surface area contributed by atoms with Crippen LogP contribution >= 0.6 is 0 Å². The Morgan fingerprint density at radius 1 is 1.29 bits per heavy atom. The number of guanidine groups is 1. The topological polar surface area (TPSA) is 80.3 Å². The summed E-state index contributed by atoms with van der Waals surface area (Å²) in [5, 5.41) is 8.96. The predicted molar refractivity (Wildman–Crippen MR) is 63.9 cm³/mol. The summed E-state index contributed by atoms with van der Waals surface area (Å²) >= 11 is 0. The van der Waals surface area contributed by atoms with E-state index in [1.807, 2.05) is 4.90 Å². The summed E-state index contributed by atoms with van der Waals surface area (Å²) in [6.45, 7) is 3.71. The number of aliphatic imine (C=N–C) groups is 1. The van der Waals surface area contributed by atoms with Gasteiger partial charge in [-0.25, -0.2) is 0 Å². The van der Waals surface area contributed by atoms with Gasteiger partial charge in [-0.1, -0.05) is 0 Å². The van der Waals surface area contributed by atoms with Crippen molar-refractivity contribution in [3.63, 3.8) is 0 Å². The maximum Gasteiger partial charge on any atom is 0.191 e. The number of rotatable bonds is 3. The van der Waals surface area contributed by atoms with E-state index in [0.717, 1.165) is 25.9 Å². The fourth-order valence-corrected chi connectivity index (χ4v) is 2.14. The van der Waals surface area contributed by atoms with Crippen LogP contribution in [0.4, 0.5) is 0 Å². The van der Waals surface area contributed by atoms with E-state index >= 15 is 0 Å². The minimum Gasteiger partial charge on any atom is -0.394 e.